The zero-order valence-electron chi connectivity index (χ0n) is 21.6. The van der Waals surface area contributed by atoms with E-state index < -0.39 is 17.8 Å². The van der Waals surface area contributed by atoms with Crippen molar-refractivity contribution in [3.8, 4) is 0 Å². The molecule has 2 amide bonds. The predicted molar refractivity (Wildman–Crippen MR) is 128 cm³/mol. The summed E-state index contributed by atoms with van der Waals surface area (Å²) in [5.74, 6) is 1.21. The third kappa shape index (κ3) is 4.14. The Morgan fingerprint density at radius 3 is 2.37 bits per heavy atom. The molecule has 0 bridgehead atoms. The second kappa shape index (κ2) is 9.13. The van der Waals surface area contributed by atoms with Crippen LogP contribution in [0.1, 0.15) is 97.8 Å². The van der Waals surface area contributed by atoms with Crippen LogP contribution >= 0.6 is 0 Å². The average Bonchev–Trinajstić information content (AvgIpc) is 3.32. The molecule has 0 spiro atoms. The molecule has 0 aromatic rings. The van der Waals surface area contributed by atoms with E-state index in [-0.39, 0.29) is 42.3 Å². The number of amides is 2. The molecule has 1 saturated heterocycles. The molecule has 0 aromatic heterocycles. The molecule has 7 nitrogen and oxygen atoms in total. The summed E-state index contributed by atoms with van der Waals surface area (Å²) in [6, 6.07) is 0. The Hall–Kier alpha value is -1.47. The number of nitrogens with zero attached hydrogens (tertiary/aromatic N) is 1. The van der Waals surface area contributed by atoms with E-state index in [0.717, 1.165) is 51.4 Å². The van der Waals surface area contributed by atoms with Gasteiger partial charge in [0.15, 0.2) is 0 Å². The number of carbonyl (C=O) groups excluding carboxylic acids is 3. The maximum Gasteiger partial charge on any atom is 0.333 e. The van der Waals surface area contributed by atoms with Crippen LogP contribution in [0.25, 0.3) is 0 Å². The highest BCUT2D eigenvalue weighted by Gasteiger charge is 2.62. The van der Waals surface area contributed by atoms with Crippen molar-refractivity contribution in [2.75, 3.05) is 0 Å². The van der Waals surface area contributed by atoms with Crippen molar-refractivity contribution in [1.29, 1.82) is 0 Å². The quantitative estimate of drug-likeness (QED) is 0.566. The number of hydrogen-bond donors (Lipinski definition) is 2. The number of aliphatic hydroxyl groups excluding tert-OH is 2. The van der Waals surface area contributed by atoms with Gasteiger partial charge in [0.05, 0.1) is 12.2 Å². The summed E-state index contributed by atoms with van der Waals surface area (Å²) in [5, 5.41) is 22.3. The molecule has 196 valence electrons. The number of imide groups is 1. The fourth-order valence-corrected chi connectivity index (χ4v) is 9.53. The molecule has 10 atom stereocenters. The van der Waals surface area contributed by atoms with Crippen molar-refractivity contribution in [3.05, 3.63) is 0 Å². The van der Waals surface area contributed by atoms with Crippen LogP contribution in [0, 0.1) is 46.3 Å². The van der Waals surface area contributed by atoms with E-state index in [0.29, 0.717) is 47.0 Å². The Morgan fingerprint density at radius 2 is 1.66 bits per heavy atom. The Labute approximate surface area is 208 Å². The third-order valence-corrected chi connectivity index (χ3v) is 11.4. The van der Waals surface area contributed by atoms with Crippen LogP contribution in [0.3, 0.4) is 0 Å². The molecule has 5 aliphatic rings. The Morgan fingerprint density at radius 1 is 1.00 bits per heavy atom. The van der Waals surface area contributed by atoms with E-state index in [2.05, 4.69) is 20.8 Å². The first-order valence-corrected chi connectivity index (χ1v) is 14.0. The Kier molecular flexibility index (Phi) is 6.57. The first-order chi connectivity index (χ1) is 16.5. The normalized spacial score (nSPS) is 46.1. The first kappa shape index (κ1) is 25.2. The number of carbonyl (C=O) groups is 3. The Bertz CT molecular complexity index is 860. The molecule has 2 N–H and O–H groups in total. The van der Waals surface area contributed by atoms with Gasteiger partial charge in [-0.15, -0.1) is 5.06 Å². The third-order valence-electron chi connectivity index (χ3n) is 11.4. The van der Waals surface area contributed by atoms with E-state index in [4.69, 9.17) is 4.84 Å². The van der Waals surface area contributed by atoms with Gasteiger partial charge in [-0.1, -0.05) is 20.8 Å². The van der Waals surface area contributed by atoms with Gasteiger partial charge in [0.1, 0.15) is 0 Å². The van der Waals surface area contributed by atoms with Crippen LogP contribution in [0.4, 0.5) is 0 Å². The number of aliphatic hydroxyl groups is 2. The molecule has 5 rings (SSSR count). The molecule has 5 fully saturated rings. The van der Waals surface area contributed by atoms with Gasteiger partial charge in [0.25, 0.3) is 11.8 Å². The zero-order chi connectivity index (χ0) is 25.1. The predicted octanol–water partition coefficient (Wildman–Crippen LogP) is 4.00. The lowest BCUT2D eigenvalue weighted by Gasteiger charge is -2.62. The fourth-order valence-electron chi connectivity index (χ4n) is 9.53. The van der Waals surface area contributed by atoms with E-state index in [1.165, 1.54) is 0 Å². The summed E-state index contributed by atoms with van der Waals surface area (Å²) in [4.78, 5) is 40.9. The second-order valence-corrected chi connectivity index (χ2v) is 13.0. The molecule has 7 heteroatoms. The van der Waals surface area contributed by atoms with E-state index >= 15 is 0 Å². The largest absolute Gasteiger partial charge is 0.393 e. The molecule has 4 saturated carbocycles. The maximum atomic E-state index is 12.4. The van der Waals surface area contributed by atoms with Crippen LogP contribution in [-0.2, 0) is 19.2 Å². The standard InChI is InChI=1S/C28H43NO6/c1-16(4-9-25(34)35-29-23(32)7-8-24(29)33)19-5-6-20-26-21(11-13-28(19,20)3)27(2)12-10-18(30)14-17(27)15-22(26)31/h16-22,26,30-31H,4-15H2,1-3H3/t16-,17?,18-,19?,20?,21?,22+,26?,27+,28-/m1/s1. The van der Waals surface area contributed by atoms with Gasteiger partial charge in [0.2, 0.25) is 0 Å². The lowest BCUT2D eigenvalue weighted by molar-refractivity contribution is -0.197. The first-order valence-electron chi connectivity index (χ1n) is 14.0. The van der Waals surface area contributed by atoms with Crippen molar-refractivity contribution in [2.45, 2.75) is 110 Å². The summed E-state index contributed by atoms with van der Waals surface area (Å²) in [7, 11) is 0. The zero-order valence-corrected chi connectivity index (χ0v) is 21.6. The Balaban J connectivity index is 1.23. The van der Waals surface area contributed by atoms with E-state index in [9.17, 15) is 24.6 Å². The summed E-state index contributed by atoms with van der Waals surface area (Å²) in [5.41, 5.74) is 0.381. The maximum absolute atomic E-state index is 12.4. The fraction of sp³-hybridized carbons (Fsp3) is 0.893. The second-order valence-electron chi connectivity index (χ2n) is 13.0. The summed E-state index contributed by atoms with van der Waals surface area (Å²) in [6.07, 6.45) is 8.77. The van der Waals surface area contributed by atoms with Crippen molar-refractivity contribution < 1.29 is 29.4 Å². The van der Waals surface area contributed by atoms with Crippen LogP contribution in [0.15, 0.2) is 0 Å². The van der Waals surface area contributed by atoms with Gasteiger partial charge in [-0.25, -0.2) is 4.79 Å². The van der Waals surface area contributed by atoms with Gasteiger partial charge in [-0.2, -0.15) is 0 Å². The van der Waals surface area contributed by atoms with Crippen LogP contribution < -0.4 is 0 Å². The smallest absolute Gasteiger partial charge is 0.333 e. The van der Waals surface area contributed by atoms with Crippen LogP contribution in [0.5, 0.6) is 0 Å². The van der Waals surface area contributed by atoms with Crippen molar-refractivity contribution >= 4 is 17.8 Å². The molecule has 5 unspecified atom stereocenters. The molecule has 0 aromatic carbocycles. The van der Waals surface area contributed by atoms with Gasteiger partial charge >= 0.3 is 5.97 Å². The highest BCUT2D eigenvalue weighted by molar-refractivity contribution is 6.01. The lowest BCUT2D eigenvalue weighted by Crippen LogP contribution is -2.58. The molecule has 1 heterocycles. The van der Waals surface area contributed by atoms with Gasteiger partial charge in [0, 0.05) is 19.3 Å². The van der Waals surface area contributed by atoms with Crippen molar-refractivity contribution in [3.63, 3.8) is 0 Å². The van der Waals surface area contributed by atoms with Crippen molar-refractivity contribution in [2.24, 2.45) is 46.3 Å². The SMILES string of the molecule is C[C@H](CCC(=O)ON1C(=O)CCC1=O)C1CCC2C3C(CC[C@@]21C)[C@@]1(C)CC[C@@H](O)CC1C[C@@H]3O. The summed E-state index contributed by atoms with van der Waals surface area (Å²) in [6.45, 7) is 7.08. The molecule has 1 aliphatic heterocycles. The van der Waals surface area contributed by atoms with Gasteiger partial charge < -0.3 is 15.1 Å². The minimum atomic E-state index is -0.509. The van der Waals surface area contributed by atoms with Gasteiger partial charge in [-0.05, 0) is 104 Å². The summed E-state index contributed by atoms with van der Waals surface area (Å²) < 4.78 is 0. The highest BCUT2D eigenvalue weighted by atomic mass is 16.7. The van der Waals surface area contributed by atoms with Crippen LogP contribution in [0.2, 0.25) is 0 Å². The minimum absolute atomic E-state index is 0.110. The molecule has 35 heavy (non-hydrogen) atoms. The monoisotopic (exact) mass is 489 g/mol. The molecular formula is C28H43NO6. The number of fused-ring (bicyclic) bond motifs is 5. The van der Waals surface area contributed by atoms with Crippen LogP contribution in [-0.4, -0.2) is 45.3 Å². The van der Waals surface area contributed by atoms with E-state index in [1.54, 1.807) is 0 Å². The molecular weight excluding hydrogens is 446 g/mol. The average molecular weight is 490 g/mol. The van der Waals surface area contributed by atoms with Gasteiger partial charge in [-0.3, -0.25) is 9.59 Å². The molecule has 0 radical (unpaired) electrons. The number of hydrogen-bond acceptors (Lipinski definition) is 6. The minimum Gasteiger partial charge on any atom is -0.393 e. The topological polar surface area (TPSA) is 104 Å². The number of hydroxylamine groups is 2. The van der Waals surface area contributed by atoms with E-state index in [1.807, 2.05) is 0 Å². The molecule has 4 aliphatic carbocycles. The lowest BCUT2D eigenvalue weighted by atomic mass is 9.43. The van der Waals surface area contributed by atoms with Crippen molar-refractivity contribution in [1.82, 2.24) is 5.06 Å². The summed E-state index contributed by atoms with van der Waals surface area (Å²) >= 11 is 0. The highest BCUT2D eigenvalue weighted by Crippen LogP contribution is 2.68. The number of rotatable bonds is 5.